The average Bonchev–Trinajstić information content (AvgIpc) is 2.41. The predicted molar refractivity (Wildman–Crippen MR) is 77.7 cm³/mol. The molecule has 0 fully saturated rings. The lowest BCUT2D eigenvalue weighted by Gasteiger charge is -2.29. The molecule has 1 aromatic carbocycles. The maximum Gasteiger partial charge on any atom is 0.307 e. The van der Waals surface area contributed by atoms with Crippen molar-refractivity contribution in [3.8, 4) is 0 Å². The zero-order chi connectivity index (χ0) is 14.9. The molecule has 0 spiro atoms. The number of ketones is 1. The summed E-state index contributed by atoms with van der Waals surface area (Å²) in [7, 11) is 0. The summed E-state index contributed by atoms with van der Waals surface area (Å²) in [5.74, 6) is -1.97. The van der Waals surface area contributed by atoms with E-state index in [9.17, 15) is 14.7 Å². The van der Waals surface area contributed by atoms with Crippen molar-refractivity contribution in [2.24, 2.45) is 11.8 Å². The first-order chi connectivity index (χ1) is 9.40. The zero-order valence-corrected chi connectivity index (χ0v) is 12.1. The highest BCUT2D eigenvalue weighted by atomic mass is 16.4. The molecule has 0 radical (unpaired) electrons. The van der Waals surface area contributed by atoms with Gasteiger partial charge in [0.2, 0.25) is 0 Å². The summed E-state index contributed by atoms with van der Waals surface area (Å²) < 4.78 is 0. The van der Waals surface area contributed by atoms with Gasteiger partial charge < -0.3 is 5.11 Å². The van der Waals surface area contributed by atoms with Gasteiger partial charge in [-0.15, -0.1) is 0 Å². The number of carboxylic acids is 1. The number of allylic oxidation sites excluding steroid dienone is 2. The lowest BCUT2D eigenvalue weighted by Crippen LogP contribution is -2.33. The fraction of sp³-hybridized carbons (Fsp3) is 0.412. The Hall–Kier alpha value is -1.90. The fourth-order valence-corrected chi connectivity index (χ4v) is 2.76. The quantitative estimate of drug-likeness (QED) is 0.675. The summed E-state index contributed by atoms with van der Waals surface area (Å²) >= 11 is 0. The van der Waals surface area contributed by atoms with E-state index in [4.69, 9.17) is 0 Å². The van der Waals surface area contributed by atoms with Crippen LogP contribution in [-0.2, 0) is 4.79 Å². The Morgan fingerprint density at radius 3 is 1.95 bits per heavy atom. The van der Waals surface area contributed by atoms with E-state index in [2.05, 4.69) is 0 Å². The minimum absolute atomic E-state index is 0.0516. The summed E-state index contributed by atoms with van der Waals surface area (Å²) in [6.07, 6.45) is 1.03. The third kappa shape index (κ3) is 2.82. The Morgan fingerprint density at radius 1 is 0.950 bits per heavy atom. The molecule has 3 nitrogen and oxygen atoms in total. The van der Waals surface area contributed by atoms with Crippen LogP contribution < -0.4 is 0 Å². The molecule has 0 unspecified atom stereocenters. The molecule has 0 heterocycles. The van der Waals surface area contributed by atoms with E-state index in [-0.39, 0.29) is 5.78 Å². The first-order valence-electron chi connectivity index (χ1n) is 6.89. The van der Waals surface area contributed by atoms with Gasteiger partial charge in [-0.05, 0) is 33.6 Å². The van der Waals surface area contributed by atoms with Gasteiger partial charge in [0, 0.05) is 11.5 Å². The van der Waals surface area contributed by atoms with Crippen LogP contribution in [0, 0.1) is 18.8 Å². The van der Waals surface area contributed by atoms with Crippen molar-refractivity contribution in [3.05, 3.63) is 46.5 Å². The minimum atomic E-state index is -0.873. The van der Waals surface area contributed by atoms with Gasteiger partial charge in [0.05, 0.1) is 5.92 Å². The highest BCUT2D eigenvalue weighted by molar-refractivity contribution is 6.00. The van der Waals surface area contributed by atoms with Crippen LogP contribution in [0.5, 0.6) is 0 Å². The summed E-state index contributed by atoms with van der Waals surface area (Å²) in [4.78, 5) is 24.0. The second kappa shape index (κ2) is 5.61. The standard InChI is InChI=1S/C17H20O3/c1-10-4-6-13(7-5-10)16(18)14-8-11(2)12(3)9-15(14)17(19)20/h4-7,14-15H,8-9H2,1-3H3,(H,19,20)/t14-,15-/m1/s1. The number of benzene rings is 1. The molecule has 0 aromatic heterocycles. The second-order valence-corrected chi connectivity index (χ2v) is 5.75. The average molecular weight is 272 g/mol. The molecule has 0 aliphatic heterocycles. The molecule has 0 saturated heterocycles. The first-order valence-corrected chi connectivity index (χ1v) is 6.89. The molecule has 20 heavy (non-hydrogen) atoms. The number of rotatable bonds is 3. The molecule has 1 N–H and O–H groups in total. The largest absolute Gasteiger partial charge is 0.481 e. The highest BCUT2D eigenvalue weighted by Crippen LogP contribution is 2.36. The monoisotopic (exact) mass is 272 g/mol. The maximum absolute atomic E-state index is 12.6. The van der Waals surface area contributed by atoms with Crippen LogP contribution in [0.15, 0.2) is 35.4 Å². The molecular weight excluding hydrogens is 252 g/mol. The van der Waals surface area contributed by atoms with Gasteiger partial charge in [-0.3, -0.25) is 9.59 Å². The number of carboxylic acid groups (broad SMARTS) is 1. The lowest BCUT2D eigenvalue weighted by molar-refractivity contribution is -0.143. The van der Waals surface area contributed by atoms with Crippen molar-refractivity contribution in [2.75, 3.05) is 0 Å². The van der Waals surface area contributed by atoms with E-state index in [1.165, 1.54) is 0 Å². The Kier molecular flexibility index (Phi) is 4.07. The molecule has 1 aliphatic rings. The molecule has 0 saturated carbocycles. The molecule has 1 aromatic rings. The number of aryl methyl sites for hydroxylation is 1. The fourth-order valence-electron chi connectivity index (χ4n) is 2.76. The van der Waals surface area contributed by atoms with Crippen molar-refractivity contribution < 1.29 is 14.7 Å². The molecular formula is C17H20O3. The van der Waals surface area contributed by atoms with Crippen LogP contribution in [0.3, 0.4) is 0 Å². The van der Waals surface area contributed by atoms with E-state index < -0.39 is 17.8 Å². The lowest BCUT2D eigenvalue weighted by atomic mass is 9.73. The van der Waals surface area contributed by atoms with Crippen LogP contribution in [0.25, 0.3) is 0 Å². The van der Waals surface area contributed by atoms with Crippen molar-refractivity contribution in [2.45, 2.75) is 33.6 Å². The molecule has 2 rings (SSSR count). The van der Waals surface area contributed by atoms with Crippen molar-refractivity contribution in [1.29, 1.82) is 0 Å². The summed E-state index contributed by atoms with van der Waals surface area (Å²) in [6.45, 7) is 5.91. The third-order valence-corrected chi connectivity index (χ3v) is 4.26. The summed E-state index contributed by atoms with van der Waals surface area (Å²) in [5.41, 5.74) is 3.95. The summed E-state index contributed by atoms with van der Waals surface area (Å²) in [6, 6.07) is 7.35. The van der Waals surface area contributed by atoms with Crippen molar-refractivity contribution in [1.82, 2.24) is 0 Å². The van der Waals surface area contributed by atoms with Crippen LogP contribution in [0.2, 0.25) is 0 Å². The van der Waals surface area contributed by atoms with E-state index in [1.54, 1.807) is 12.1 Å². The number of Topliss-reactive ketones (excluding diaryl/α,β-unsaturated/α-hetero) is 1. The van der Waals surface area contributed by atoms with Crippen LogP contribution >= 0.6 is 0 Å². The van der Waals surface area contributed by atoms with Gasteiger partial charge in [-0.1, -0.05) is 41.0 Å². The minimum Gasteiger partial charge on any atom is -0.481 e. The van der Waals surface area contributed by atoms with Gasteiger partial charge in [0.25, 0.3) is 0 Å². The van der Waals surface area contributed by atoms with Gasteiger partial charge >= 0.3 is 5.97 Å². The van der Waals surface area contributed by atoms with E-state index in [1.807, 2.05) is 32.9 Å². The van der Waals surface area contributed by atoms with E-state index >= 15 is 0 Å². The topological polar surface area (TPSA) is 54.4 Å². The molecule has 1 aliphatic carbocycles. The molecule has 0 amide bonds. The van der Waals surface area contributed by atoms with Gasteiger partial charge in [-0.25, -0.2) is 0 Å². The number of carbonyl (C=O) groups is 2. The molecule has 3 heteroatoms. The Labute approximate surface area is 119 Å². The smallest absolute Gasteiger partial charge is 0.307 e. The Morgan fingerprint density at radius 2 is 1.45 bits per heavy atom. The van der Waals surface area contributed by atoms with Crippen LogP contribution in [-0.4, -0.2) is 16.9 Å². The van der Waals surface area contributed by atoms with E-state index in [0.29, 0.717) is 18.4 Å². The number of hydrogen-bond donors (Lipinski definition) is 1. The van der Waals surface area contributed by atoms with Crippen molar-refractivity contribution in [3.63, 3.8) is 0 Å². The van der Waals surface area contributed by atoms with Gasteiger partial charge in [-0.2, -0.15) is 0 Å². The van der Waals surface area contributed by atoms with Crippen LogP contribution in [0.1, 0.15) is 42.6 Å². The second-order valence-electron chi connectivity index (χ2n) is 5.75. The third-order valence-electron chi connectivity index (χ3n) is 4.26. The van der Waals surface area contributed by atoms with Crippen molar-refractivity contribution >= 4 is 11.8 Å². The SMILES string of the molecule is CC1=C(C)C[C@@H](C(=O)c2ccc(C)cc2)[C@H](C(=O)O)C1. The molecule has 106 valence electrons. The Bertz CT molecular complexity index is 566. The zero-order valence-electron chi connectivity index (χ0n) is 12.1. The van der Waals surface area contributed by atoms with Gasteiger partial charge in [0.1, 0.15) is 0 Å². The molecule has 0 bridgehead atoms. The highest BCUT2D eigenvalue weighted by Gasteiger charge is 2.37. The first kappa shape index (κ1) is 14.5. The summed E-state index contributed by atoms with van der Waals surface area (Å²) in [5, 5.41) is 9.38. The normalized spacial score (nSPS) is 22.8. The van der Waals surface area contributed by atoms with E-state index in [0.717, 1.165) is 16.7 Å². The predicted octanol–water partition coefficient (Wildman–Crippen LogP) is 3.62. The molecule has 2 atom stereocenters. The maximum atomic E-state index is 12.6. The number of carbonyl (C=O) groups excluding carboxylic acids is 1. The van der Waals surface area contributed by atoms with Gasteiger partial charge in [0.15, 0.2) is 5.78 Å². The Balaban J connectivity index is 2.31. The number of aliphatic carboxylic acids is 1. The van der Waals surface area contributed by atoms with Crippen LogP contribution in [0.4, 0.5) is 0 Å². The number of hydrogen-bond acceptors (Lipinski definition) is 2.